The molecule has 12 heteroatoms. The number of thioether (sulfide) groups is 1. The molecule has 1 aromatic carbocycles. The molecule has 1 aromatic rings. The summed E-state index contributed by atoms with van der Waals surface area (Å²) in [6.07, 6.45) is -2.57. The van der Waals surface area contributed by atoms with Crippen molar-refractivity contribution >= 4 is 33.7 Å². The van der Waals surface area contributed by atoms with E-state index >= 15 is 0 Å². The quantitative estimate of drug-likeness (QED) is 0.607. The van der Waals surface area contributed by atoms with Gasteiger partial charge in [-0.1, -0.05) is 12.1 Å². The van der Waals surface area contributed by atoms with Crippen LogP contribution in [0.25, 0.3) is 0 Å². The summed E-state index contributed by atoms with van der Waals surface area (Å²) < 4.78 is 66.1. The summed E-state index contributed by atoms with van der Waals surface area (Å²) in [5, 5.41) is 11.7. The normalized spacial score (nSPS) is 17.5. The van der Waals surface area contributed by atoms with Crippen molar-refractivity contribution in [1.29, 1.82) is 0 Å². The van der Waals surface area contributed by atoms with E-state index in [9.17, 15) is 36.3 Å². The first-order chi connectivity index (χ1) is 14.0. The summed E-state index contributed by atoms with van der Waals surface area (Å²) in [5.74, 6) is -1.70. The second-order valence-electron chi connectivity index (χ2n) is 6.85. The van der Waals surface area contributed by atoms with E-state index in [0.717, 1.165) is 16.4 Å². The largest absolute Gasteiger partial charge is 0.480 e. The molecule has 1 heterocycles. The van der Waals surface area contributed by atoms with E-state index in [1.165, 1.54) is 17.8 Å². The van der Waals surface area contributed by atoms with Crippen LogP contribution in [0.3, 0.4) is 0 Å². The highest BCUT2D eigenvalue weighted by Crippen LogP contribution is 2.36. The zero-order valence-electron chi connectivity index (χ0n) is 16.2. The molecule has 0 aromatic heterocycles. The van der Waals surface area contributed by atoms with Crippen molar-refractivity contribution in [1.82, 2.24) is 9.62 Å². The molecular weight excluding hydrogens is 445 g/mol. The molecule has 0 saturated carbocycles. The number of carbonyl (C=O) groups excluding carboxylic acids is 1. The number of carbonyl (C=O) groups is 2. The topological polar surface area (TPSA) is 104 Å². The molecule has 30 heavy (non-hydrogen) atoms. The smallest absolute Gasteiger partial charge is 0.417 e. The SMILES string of the molecule is CSCC[C@H](NC(=O)C1CCN(S(=O)(=O)c2ccccc2C(F)(F)F)CC1)C(=O)O. The molecule has 7 nitrogen and oxygen atoms in total. The van der Waals surface area contributed by atoms with Gasteiger partial charge in [-0.15, -0.1) is 0 Å². The van der Waals surface area contributed by atoms with E-state index in [2.05, 4.69) is 5.32 Å². The fraction of sp³-hybridized carbons (Fsp3) is 0.556. The van der Waals surface area contributed by atoms with Crippen LogP contribution < -0.4 is 5.32 Å². The van der Waals surface area contributed by atoms with Crippen molar-refractivity contribution in [3.05, 3.63) is 29.8 Å². The number of carboxylic acids is 1. The Morgan fingerprint density at radius 1 is 1.27 bits per heavy atom. The monoisotopic (exact) mass is 468 g/mol. The first kappa shape index (κ1) is 24.5. The lowest BCUT2D eigenvalue weighted by atomic mass is 9.96. The van der Waals surface area contributed by atoms with Crippen LogP contribution >= 0.6 is 11.8 Å². The first-order valence-electron chi connectivity index (χ1n) is 9.17. The average molecular weight is 469 g/mol. The molecule has 2 N–H and O–H groups in total. The van der Waals surface area contributed by atoms with E-state index in [1.54, 1.807) is 0 Å². The van der Waals surface area contributed by atoms with Crippen LogP contribution in [0.1, 0.15) is 24.8 Å². The van der Waals surface area contributed by atoms with E-state index in [-0.39, 0.29) is 32.4 Å². The number of amides is 1. The fourth-order valence-corrected chi connectivity index (χ4v) is 5.36. The van der Waals surface area contributed by atoms with Gasteiger partial charge in [-0.05, 0) is 43.4 Å². The van der Waals surface area contributed by atoms with Crippen molar-refractivity contribution in [2.45, 2.75) is 36.4 Å². The molecular formula is C18H23F3N2O5S2. The van der Waals surface area contributed by atoms with Crippen LogP contribution in [-0.2, 0) is 25.8 Å². The van der Waals surface area contributed by atoms with Gasteiger partial charge < -0.3 is 10.4 Å². The van der Waals surface area contributed by atoms with Crippen molar-refractivity contribution < 1.29 is 36.3 Å². The number of piperidine rings is 1. The summed E-state index contributed by atoms with van der Waals surface area (Å²) >= 11 is 1.45. The third kappa shape index (κ3) is 5.88. The number of rotatable bonds is 8. The third-order valence-electron chi connectivity index (χ3n) is 4.86. The molecule has 0 radical (unpaired) electrons. The molecule has 168 valence electrons. The fourth-order valence-electron chi connectivity index (χ4n) is 3.21. The zero-order valence-corrected chi connectivity index (χ0v) is 17.8. The minimum atomic E-state index is -4.81. The zero-order chi connectivity index (χ0) is 22.5. The van der Waals surface area contributed by atoms with Gasteiger partial charge in [-0.3, -0.25) is 4.79 Å². The predicted octanol–water partition coefficient (Wildman–Crippen LogP) is 2.43. The summed E-state index contributed by atoms with van der Waals surface area (Å²) in [6.45, 7) is -0.260. The van der Waals surface area contributed by atoms with E-state index in [1.807, 2.05) is 6.26 Å². The van der Waals surface area contributed by atoms with Gasteiger partial charge >= 0.3 is 12.1 Å². The third-order valence-corrected chi connectivity index (χ3v) is 7.46. The lowest BCUT2D eigenvalue weighted by Gasteiger charge is -2.31. The summed E-state index contributed by atoms with van der Waals surface area (Å²) in [6, 6.07) is 2.94. The number of aliphatic carboxylic acids is 1. The summed E-state index contributed by atoms with van der Waals surface area (Å²) in [7, 11) is -4.39. The molecule has 1 fully saturated rings. The molecule has 2 rings (SSSR count). The Balaban J connectivity index is 2.07. The van der Waals surface area contributed by atoms with E-state index in [4.69, 9.17) is 0 Å². The number of alkyl halides is 3. The number of hydrogen-bond donors (Lipinski definition) is 2. The number of nitrogens with one attached hydrogen (secondary N) is 1. The molecule has 0 aliphatic carbocycles. The molecule has 1 atom stereocenters. The number of carboxylic acid groups (broad SMARTS) is 1. The number of halogens is 3. The van der Waals surface area contributed by atoms with Crippen molar-refractivity contribution in [2.24, 2.45) is 5.92 Å². The number of hydrogen-bond acceptors (Lipinski definition) is 5. The Kier molecular flexibility index (Phi) is 8.17. The Morgan fingerprint density at radius 3 is 2.40 bits per heavy atom. The Labute approximate surface area is 177 Å². The van der Waals surface area contributed by atoms with Crippen LogP contribution in [0.15, 0.2) is 29.2 Å². The second-order valence-corrected chi connectivity index (χ2v) is 9.75. The number of sulfonamides is 1. The van der Waals surface area contributed by atoms with Crippen LogP contribution in [0, 0.1) is 5.92 Å². The highest BCUT2D eigenvalue weighted by Gasteiger charge is 2.40. The molecule has 1 amide bonds. The Bertz CT molecular complexity index is 869. The highest BCUT2D eigenvalue weighted by molar-refractivity contribution is 7.98. The van der Waals surface area contributed by atoms with Gasteiger partial charge in [0.05, 0.1) is 10.5 Å². The highest BCUT2D eigenvalue weighted by atomic mass is 32.2. The van der Waals surface area contributed by atoms with Crippen molar-refractivity contribution in [2.75, 3.05) is 25.1 Å². The molecule has 0 bridgehead atoms. The van der Waals surface area contributed by atoms with E-state index in [0.29, 0.717) is 11.8 Å². The molecule has 1 saturated heterocycles. The Hall–Kier alpha value is -1.79. The lowest BCUT2D eigenvalue weighted by Crippen LogP contribution is -2.47. The number of benzene rings is 1. The summed E-state index contributed by atoms with van der Waals surface area (Å²) in [5.41, 5.74) is -1.23. The minimum absolute atomic E-state index is 0.0914. The maximum Gasteiger partial charge on any atom is 0.417 e. The lowest BCUT2D eigenvalue weighted by molar-refractivity contribution is -0.142. The van der Waals surface area contributed by atoms with Crippen LogP contribution in [-0.4, -0.2) is 60.8 Å². The van der Waals surface area contributed by atoms with Crippen LogP contribution in [0.2, 0.25) is 0 Å². The van der Waals surface area contributed by atoms with E-state index < -0.39 is 50.5 Å². The van der Waals surface area contributed by atoms with Crippen molar-refractivity contribution in [3.8, 4) is 0 Å². The van der Waals surface area contributed by atoms with Gasteiger partial charge in [-0.2, -0.15) is 29.2 Å². The van der Waals surface area contributed by atoms with Crippen LogP contribution in [0.4, 0.5) is 13.2 Å². The van der Waals surface area contributed by atoms with Gasteiger partial charge in [0.15, 0.2) is 0 Å². The van der Waals surface area contributed by atoms with Crippen molar-refractivity contribution in [3.63, 3.8) is 0 Å². The van der Waals surface area contributed by atoms with Gasteiger partial charge in [0.2, 0.25) is 15.9 Å². The molecule has 1 aliphatic rings. The average Bonchev–Trinajstić information content (AvgIpc) is 2.70. The predicted molar refractivity (Wildman–Crippen MR) is 105 cm³/mol. The molecule has 0 unspecified atom stereocenters. The van der Waals surface area contributed by atoms with Gasteiger partial charge in [0.1, 0.15) is 6.04 Å². The van der Waals surface area contributed by atoms with Gasteiger partial charge in [-0.25, -0.2) is 13.2 Å². The first-order valence-corrected chi connectivity index (χ1v) is 12.0. The van der Waals surface area contributed by atoms with Gasteiger partial charge in [0.25, 0.3) is 0 Å². The molecule has 0 spiro atoms. The maximum absolute atomic E-state index is 13.2. The number of nitrogens with zero attached hydrogens (tertiary/aromatic N) is 1. The summed E-state index contributed by atoms with van der Waals surface area (Å²) in [4.78, 5) is 22.8. The maximum atomic E-state index is 13.2. The Morgan fingerprint density at radius 2 is 1.87 bits per heavy atom. The minimum Gasteiger partial charge on any atom is -0.480 e. The van der Waals surface area contributed by atoms with Gasteiger partial charge in [0, 0.05) is 19.0 Å². The van der Waals surface area contributed by atoms with Crippen LogP contribution in [0.5, 0.6) is 0 Å². The second kappa shape index (κ2) is 10.0. The molecule has 1 aliphatic heterocycles. The standard InChI is InChI=1S/C18H23F3N2O5S2/c1-29-11-8-14(17(25)26)22-16(24)12-6-9-23(10-7-12)30(27,28)15-5-3-2-4-13(15)18(19,20)21/h2-5,12,14H,6-11H2,1H3,(H,22,24)(H,25,26)/t14-/m0/s1.